The lowest BCUT2D eigenvalue weighted by Crippen LogP contribution is -2.46. The van der Waals surface area contributed by atoms with E-state index in [1.807, 2.05) is 36.4 Å². The summed E-state index contributed by atoms with van der Waals surface area (Å²) in [6, 6.07) is 29.5. The predicted octanol–water partition coefficient (Wildman–Crippen LogP) is 4.30. The number of amides is 1. The Bertz CT molecular complexity index is 1500. The zero-order chi connectivity index (χ0) is 28.4. The van der Waals surface area contributed by atoms with Crippen molar-refractivity contribution < 1.29 is 27.1 Å². The fraction of sp³-hybridized carbons (Fsp3) is 0.161. The SMILES string of the molecule is O=C(N[C@@H](COC(=O)[C@@H](Cc1ccccc1)NS(=O)(=O)c1ccc(F)cc1)Cc1ccccc1)c1ccccc1. The topological polar surface area (TPSA) is 102 Å². The van der Waals surface area contributed by atoms with Crippen molar-refractivity contribution in [1.82, 2.24) is 10.0 Å². The van der Waals surface area contributed by atoms with Crippen LogP contribution in [-0.2, 0) is 32.4 Å². The number of ether oxygens (including phenoxy) is 1. The smallest absolute Gasteiger partial charge is 0.324 e. The van der Waals surface area contributed by atoms with E-state index in [1.54, 1.807) is 54.6 Å². The lowest BCUT2D eigenvalue weighted by molar-refractivity contribution is -0.146. The highest BCUT2D eigenvalue weighted by Gasteiger charge is 2.28. The first-order valence-corrected chi connectivity index (χ1v) is 14.2. The zero-order valence-electron chi connectivity index (χ0n) is 21.6. The number of benzene rings is 4. The summed E-state index contributed by atoms with van der Waals surface area (Å²) in [7, 11) is -4.17. The number of esters is 1. The number of nitrogens with one attached hydrogen (secondary N) is 2. The van der Waals surface area contributed by atoms with Crippen molar-refractivity contribution in [3.63, 3.8) is 0 Å². The predicted molar refractivity (Wildman–Crippen MR) is 149 cm³/mol. The molecule has 4 aromatic rings. The van der Waals surface area contributed by atoms with Crippen LogP contribution in [0.25, 0.3) is 0 Å². The Morgan fingerprint density at radius 1 is 0.725 bits per heavy atom. The maximum Gasteiger partial charge on any atom is 0.324 e. The van der Waals surface area contributed by atoms with Crippen LogP contribution in [0.4, 0.5) is 4.39 Å². The van der Waals surface area contributed by atoms with Crippen LogP contribution >= 0.6 is 0 Å². The Balaban J connectivity index is 1.51. The van der Waals surface area contributed by atoms with Gasteiger partial charge in [0.1, 0.15) is 18.5 Å². The Hall–Kier alpha value is -4.34. The van der Waals surface area contributed by atoms with Crippen LogP contribution in [-0.4, -0.2) is 39.0 Å². The zero-order valence-corrected chi connectivity index (χ0v) is 22.4. The van der Waals surface area contributed by atoms with E-state index >= 15 is 0 Å². The number of carbonyl (C=O) groups is 2. The molecule has 0 spiro atoms. The van der Waals surface area contributed by atoms with E-state index in [0.717, 1.165) is 29.8 Å². The highest BCUT2D eigenvalue weighted by molar-refractivity contribution is 7.89. The highest BCUT2D eigenvalue weighted by Crippen LogP contribution is 2.14. The molecule has 7 nitrogen and oxygen atoms in total. The van der Waals surface area contributed by atoms with Crippen LogP contribution in [0.3, 0.4) is 0 Å². The third-order valence-electron chi connectivity index (χ3n) is 6.11. The monoisotopic (exact) mass is 560 g/mol. The maximum absolute atomic E-state index is 13.4. The molecule has 0 aromatic heterocycles. The summed E-state index contributed by atoms with van der Waals surface area (Å²) < 4.78 is 47.4. The summed E-state index contributed by atoms with van der Waals surface area (Å²) in [4.78, 5) is 26.0. The fourth-order valence-electron chi connectivity index (χ4n) is 4.08. The minimum atomic E-state index is -4.17. The van der Waals surface area contributed by atoms with Gasteiger partial charge in [-0.3, -0.25) is 9.59 Å². The van der Waals surface area contributed by atoms with Gasteiger partial charge in [0.15, 0.2) is 0 Å². The molecule has 9 heteroatoms. The van der Waals surface area contributed by atoms with E-state index < -0.39 is 33.9 Å². The average Bonchev–Trinajstić information content (AvgIpc) is 2.97. The molecule has 0 aliphatic carbocycles. The largest absolute Gasteiger partial charge is 0.462 e. The van der Waals surface area contributed by atoms with Gasteiger partial charge in [-0.15, -0.1) is 0 Å². The van der Waals surface area contributed by atoms with Gasteiger partial charge in [-0.2, -0.15) is 4.72 Å². The first kappa shape index (κ1) is 28.7. The Kier molecular flexibility index (Phi) is 9.77. The van der Waals surface area contributed by atoms with E-state index in [4.69, 9.17) is 4.74 Å². The van der Waals surface area contributed by atoms with Crippen LogP contribution < -0.4 is 10.0 Å². The molecule has 2 atom stereocenters. The molecular weight excluding hydrogens is 531 g/mol. The molecule has 0 bridgehead atoms. The molecule has 0 radical (unpaired) electrons. The highest BCUT2D eigenvalue weighted by atomic mass is 32.2. The third-order valence-corrected chi connectivity index (χ3v) is 7.60. The third kappa shape index (κ3) is 8.33. The standard InChI is InChI=1S/C31H29FN2O5S/c32-26-16-18-28(19-17-26)40(37,38)34-29(21-24-12-6-2-7-13-24)31(36)39-22-27(20-23-10-4-1-5-11-23)33-30(35)25-14-8-3-9-15-25/h1-19,27,29,34H,20-22H2,(H,33,35)/t27-,29-/m1/s1. The second kappa shape index (κ2) is 13.6. The normalized spacial score (nSPS) is 12.7. The number of sulfonamides is 1. The van der Waals surface area contributed by atoms with Gasteiger partial charge < -0.3 is 10.1 Å². The van der Waals surface area contributed by atoms with Crippen molar-refractivity contribution in [2.45, 2.75) is 29.8 Å². The minimum absolute atomic E-state index is 0.0276. The van der Waals surface area contributed by atoms with Gasteiger partial charge in [-0.25, -0.2) is 12.8 Å². The van der Waals surface area contributed by atoms with Crippen LogP contribution in [0, 0.1) is 5.82 Å². The number of hydrogen-bond acceptors (Lipinski definition) is 5. The summed E-state index contributed by atoms with van der Waals surface area (Å²) in [5.74, 6) is -1.71. The number of carbonyl (C=O) groups excluding carboxylic acids is 2. The van der Waals surface area contributed by atoms with Crippen LogP contribution in [0.2, 0.25) is 0 Å². The van der Waals surface area contributed by atoms with Gasteiger partial charge in [-0.1, -0.05) is 78.9 Å². The van der Waals surface area contributed by atoms with Crippen molar-refractivity contribution in [1.29, 1.82) is 0 Å². The van der Waals surface area contributed by atoms with Crippen LogP contribution in [0.1, 0.15) is 21.5 Å². The molecular formula is C31H29FN2O5S. The molecule has 0 heterocycles. The van der Waals surface area contributed by atoms with Gasteiger partial charge in [-0.05, 0) is 60.4 Å². The molecule has 2 N–H and O–H groups in total. The van der Waals surface area contributed by atoms with E-state index in [0.29, 0.717) is 17.5 Å². The van der Waals surface area contributed by atoms with Gasteiger partial charge in [0.25, 0.3) is 5.91 Å². The first-order valence-electron chi connectivity index (χ1n) is 12.7. The molecule has 206 valence electrons. The molecule has 0 unspecified atom stereocenters. The molecule has 1 amide bonds. The molecule has 0 saturated heterocycles. The fourth-order valence-corrected chi connectivity index (χ4v) is 5.27. The summed E-state index contributed by atoms with van der Waals surface area (Å²) in [6.45, 7) is -0.185. The lowest BCUT2D eigenvalue weighted by Gasteiger charge is -2.22. The summed E-state index contributed by atoms with van der Waals surface area (Å²) in [5, 5.41) is 2.91. The van der Waals surface area contributed by atoms with Crippen molar-refractivity contribution in [2.24, 2.45) is 0 Å². The van der Waals surface area contributed by atoms with Crippen molar-refractivity contribution in [2.75, 3.05) is 6.61 Å². The number of hydrogen-bond donors (Lipinski definition) is 2. The first-order chi connectivity index (χ1) is 19.3. The Labute approximate surface area is 233 Å². The van der Waals surface area contributed by atoms with Crippen molar-refractivity contribution >= 4 is 21.9 Å². The van der Waals surface area contributed by atoms with Gasteiger partial charge in [0.2, 0.25) is 10.0 Å². The average molecular weight is 561 g/mol. The number of rotatable bonds is 12. The quantitative estimate of drug-likeness (QED) is 0.252. The maximum atomic E-state index is 13.4. The van der Waals surface area contributed by atoms with Gasteiger partial charge in [0, 0.05) is 5.56 Å². The van der Waals surface area contributed by atoms with E-state index in [9.17, 15) is 22.4 Å². The molecule has 0 saturated carbocycles. The Morgan fingerprint density at radius 3 is 1.82 bits per heavy atom. The molecule has 4 aromatic carbocycles. The Morgan fingerprint density at radius 2 is 1.25 bits per heavy atom. The number of halogens is 1. The molecule has 0 aliphatic rings. The lowest BCUT2D eigenvalue weighted by atomic mass is 10.1. The molecule has 40 heavy (non-hydrogen) atoms. The second-order valence-electron chi connectivity index (χ2n) is 9.17. The second-order valence-corrected chi connectivity index (χ2v) is 10.9. The van der Waals surface area contributed by atoms with Crippen LogP contribution in [0.15, 0.2) is 120 Å². The summed E-state index contributed by atoms with van der Waals surface area (Å²) in [6.07, 6.45) is 0.414. The molecule has 0 aliphatic heterocycles. The molecule has 0 fully saturated rings. The summed E-state index contributed by atoms with van der Waals surface area (Å²) in [5.41, 5.74) is 2.10. The minimum Gasteiger partial charge on any atom is -0.462 e. The van der Waals surface area contributed by atoms with E-state index in [2.05, 4.69) is 10.0 Å². The molecule has 4 rings (SSSR count). The van der Waals surface area contributed by atoms with Crippen molar-refractivity contribution in [3.8, 4) is 0 Å². The van der Waals surface area contributed by atoms with Crippen LogP contribution in [0.5, 0.6) is 0 Å². The van der Waals surface area contributed by atoms with Gasteiger partial charge in [0.05, 0.1) is 10.9 Å². The summed E-state index contributed by atoms with van der Waals surface area (Å²) >= 11 is 0. The van der Waals surface area contributed by atoms with Crippen molar-refractivity contribution in [3.05, 3.63) is 138 Å². The van der Waals surface area contributed by atoms with Gasteiger partial charge >= 0.3 is 5.97 Å². The van der Waals surface area contributed by atoms with E-state index in [1.165, 1.54) is 0 Å². The van der Waals surface area contributed by atoms with E-state index in [-0.39, 0.29) is 23.8 Å².